The molecule has 0 aromatic heterocycles. The number of aromatic hydroxyl groups is 2. The van der Waals surface area contributed by atoms with Gasteiger partial charge >= 0.3 is 13.1 Å². The Morgan fingerprint density at radius 2 is 2.22 bits per heavy atom. The Morgan fingerprint density at radius 1 is 1.44 bits per heavy atom. The molecule has 1 fully saturated rings. The first-order chi connectivity index (χ1) is 8.59. The van der Waals surface area contributed by atoms with Crippen LogP contribution in [0.1, 0.15) is 12.8 Å². The van der Waals surface area contributed by atoms with Crippen molar-refractivity contribution in [2.24, 2.45) is 0 Å². The van der Waals surface area contributed by atoms with Gasteiger partial charge in [0.2, 0.25) is 0 Å². The number of hydrogen-bond donors (Lipinski definition) is 4. The molecular weight excluding hydrogens is 237 g/mol. The highest BCUT2D eigenvalue weighted by Gasteiger charge is 2.31. The fraction of sp³-hybridized carbons (Fsp3) is 0.364. The molecule has 7 heteroatoms. The topological polar surface area (TPSA) is 99.0 Å². The lowest BCUT2D eigenvalue weighted by Gasteiger charge is -2.14. The second kappa shape index (κ2) is 5.28. The van der Waals surface area contributed by atoms with Crippen molar-refractivity contribution < 1.29 is 24.7 Å². The van der Waals surface area contributed by atoms with E-state index < -0.39 is 24.9 Å². The Bertz CT molecular complexity index is 447. The van der Waals surface area contributed by atoms with E-state index in [0.717, 1.165) is 13.0 Å². The standard InChI is InChI=1S/C11H14BNO5/c14-9-5-1-3-7(10(9)15)12(17)18-11(16)8-4-2-6-13-8/h1,3,5,8,13-15,17H,2,4,6H2/t8-/m0/s1. The van der Waals surface area contributed by atoms with Crippen LogP contribution in [-0.2, 0) is 9.45 Å². The van der Waals surface area contributed by atoms with Gasteiger partial charge in [-0.25, -0.2) is 0 Å². The van der Waals surface area contributed by atoms with Crippen molar-refractivity contribution >= 4 is 18.6 Å². The highest BCUT2D eigenvalue weighted by atomic mass is 16.6. The molecule has 2 rings (SSSR count). The molecule has 1 aliphatic heterocycles. The number of benzene rings is 1. The van der Waals surface area contributed by atoms with Crippen LogP contribution in [0.15, 0.2) is 18.2 Å². The quantitative estimate of drug-likeness (QED) is 0.409. The molecule has 1 atom stereocenters. The number of hydrogen-bond acceptors (Lipinski definition) is 6. The van der Waals surface area contributed by atoms with Gasteiger partial charge in [0.25, 0.3) is 0 Å². The highest BCUT2D eigenvalue weighted by molar-refractivity contribution is 6.62. The number of nitrogens with one attached hydrogen (secondary N) is 1. The maximum absolute atomic E-state index is 11.6. The maximum atomic E-state index is 11.6. The van der Waals surface area contributed by atoms with E-state index in [2.05, 4.69) is 5.32 Å². The van der Waals surface area contributed by atoms with E-state index in [1.807, 2.05) is 0 Å². The van der Waals surface area contributed by atoms with E-state index in [-0.39, 0.29) is 11.2 Å². The molecule has 0 unspecified atom stereocenters. The van der Waals surface area contributed by atoms with E-state index in [1.165, 1.54) is 18.2 Å². The number of rotatable bonds is 3. The lowest BCUT2D eigenvalue weighted by molar-refractivity contribution is -0.137. The predicted molar refractivity (Wildman–Crippen MR) is 64.5 cm³/mol. The Balaban J connectivity index is 2.04. The van der Waals surface area contributed by atoms with Crippen molar-refractivity contribution in [3.8, 4) is 11.5 Å². The van der Waals surface area contributed by atoms with Gasteiger partial charge in [-0.1, -0.05) is 12.1 Å². The summed E-state index contributed by atoms with van der Waals surface area (Å²) in [5, 5.41) is 31.5. The van der Waals surface area contributed by atoms with Gasteiger partial charge < -0.3 is 25.2 Å². The Morgan fingerprint density at radius 3 is 2.89 bits per heavy atom. The molecule has 4 N–H and O–H groups in total. The monoisotopic (exact) mass is 251 g/mol. The number of carbonyl (C=O) groups excluding carboxylic acids is 1. The zero-order valence-corrected chi connectivity index (χ0v) is 9.67. The minimum Gasteiger partial charge on any atom is -0.505 e. The van der Waals surface area contributed by atoms with Gasteiger partial charge in [0.1, 0.15) is 6.04 Å². The van der Waals surface area contributed by atoms with Gasteiger partial charge in [0.15, 0.2) is 11.5 Å². The molecule has 0 saturated carbocycles. The number of phenolic OH excluding ortho intramolecular Hbond substituents is 2. The molecule has 0 amide bonds. The summed E-state index contributed by atoms with van der Waals surface area (Å²) in [7, 11) is -1.59. The van der Waals surface area contributed by atoms with E-state index in [4.69, 9.17) is 4.65 Å². The van der Waals surface area contributed by atoms with Crippen LogP contribution in [0.4, 0.5) is 0 Å². The van der Waals surface area contributed by atoms with Crippen molar-refractivity contribution in [1.82, 2.24) is 5.32 Å². The van der Waals surface area contributed by atoms with E-state index in [0.29, 0.717) is 6.42 Å². The molecule has 96 valence electrons. The van der Waals surface area contributed by atoms with Crippen molar-refractivity contribution in [3.05, 3.63) is 18.2 Å². The highest BCUT2D eigenvalue weighted by Crippen LogP contribution is 2.21. The van der Waals surface area contributed by atoms with Gasteiger partial charge in [0.05, 0.1) is 0 Å². The molecule has 0 spiro atoms. The largest absolute Gasteiger partial charge is 0.565 e. The first-order valence-corrected chi connectivity index (χ1v) is 5.72. The minimum atomic E-state index is -1.59. The van der Waals surface area contributed by atoms with Crippen molar-refractivity contribution in [2.45, 2.75) is 18.9 Å². The van der Waals surface area contributed by atoms with Crippen LogP contribution in [0, 0.1) is 0 Å². The summed E-state index contributed by atoms with van der Waals surface area (Å²) >= 11 is 0. The van der Waals surface area contributed by atoms with E-state index in [9.17, 15) is 20.0 Å². The summed E-state index contributed by atoms with van der Waals surface area (Å²) in [6, 6.07) is 3.66. The minimum absolute atomic E-state index is 0.0404. The Hall–Kier alpha value is -1.73. The lowest BCUT2D eigenvalue weighted by Crippen LogP contribution is -2.42. The third kappa shape index (κ3) is 2.57. The summed E-state index contributed by atoms with van der Waals surface area (Å²) in [6.07, 6.45) is 1.55. The first-order valence-electron chi connectivity index (χ1n) is 5.72. The SMILES string of the molecule is O=C(OB(O)c1cccc(O)c1O)[C@@H]1CCCN1. The maximum Gasteiger partial charge on any atom is 0.565 e. The van der Waals surface area contributed by atoms with Crippen LogP contribution in [0.2, 0.25) is 0 Å². The molecule has 0 aliphatic carbocycles. The average molecular weight is 251 g/mol. The van der Waals surface area contributed by atoms with Gasteiger partial charge in [-0.05, 0) is 25.5 Å². The molecule has 1 aromatic carbocycles. The molecule has 1 aromatic rings. The van der Waals surface area contributed by atoms with Crippen LogP contribution in [0.5, 0.6) is 11.5 Å². The molecule has 1 heterocycles. The zero-order valence-electron chi connectivity index (χ0n) is 9.67. The summed E-state index contributed by atoms with van der Waals surface area (Å²) in [5.41, 5.74) is -0.0404. The fourth-order valence-corrected chi connectivity index (χ4v) is 1.89. The third-order valence-corrected chi connectivity index (χ3v) is 2.88. The second-order valence-corrected chi connectivity index (χ2v) is 4.15. The normalized spacial score (nSPS) is 18.6. The number of phenols is 2. The Labute approximate surface area is 104 Å². The van der Waals surface area contributed by atoms with Crippen LogP contribution in [0.3, 0.4) is 0 Å². The van der Waals surface area contributed by atoms with Gasteiger partial charge in [-0.2, -0.15) is 0 Å². The summed E-state index contributed by atoms with van der Waals surface area (Å²) in [6.45, 7) is 0.743. The number of para-hydroxylation sites is 1. The number of carbonyl (C=O) groups is 1. The molecule has 0 bridgehead atoms. The van der Waals surface area contributed by atoms with Crippen LogP contribution >= 0.6 is 0 Å². The van der Waals surface area contributed by atoms with E-state index >= 15 is 0 Å². The summed E-state index contributed by atoms with van der Waals surface area (Å²) < 4.78 is 4.84. The lowest BCUT2D eigenvalue weighted by atomic mass is 9.78. The van der Waals surface area contributed by atoms with Crippen molar-refractivity contribution in [2.75, 3.05) is 6.54 Å². The van der Waals surface area contributed by atoms with Crippen LogP contribution in [0.25, 0.3) is 0 Å². The van der Waals surface area contributed by atoms with Crippen molar-refractivity contribution in [3.63, 3.8) is 0 Å². The molecule has 1 saturated heterocycles. The summed E-state index contributed by atoms with van der Waals surface area (Å²) in [5.74, 6) is -1.43. The fourth-order valence-electron chi connectivity index (χ4n) is 1.89. The first kappa shape index (κ1) is 12.7. The van der Waals surface area contributed by atoms with Gasteiger partial charge in [0, 0.05) is 5.46 Å². The van der Waals surface area contributed by atoms with Crippen LogP contribution < -0.4 is 10.8 Å². The smallest absolute Gasteiger partial charge is 0.505 e. The zero-order chi connectivity index (χ0) is 13.1. The summed E-state index contributed by atoms with van der Waals surface area (Å²) in [4.78, 5) is 11.6. The van der Waals surface area contributed by atoms with E-state index in [1.54, 1.807) is 0 Å². The van der Waals surface area contributed by atoms with Gasteiger partial charge in [-0.3, -0.25) is 4.79 Å². The van der Waals surface area contributed by atoms with Gasteiger partial charge in [-0.15, -0.1) is 0 Å². The van der Waals surface area contributed by atoms with Crippen molar-refractivity contribution in [1.29, 1.82) is 0 Å². The second-order valence-electron chi connectivity index (χ2n) is 4.15. The molecule has 6 nitrogen and oxygen atoms in total. The molecule has 18 heavy (non-hydrogen) atoms. The predicted octanol–water partition coefficient (Wildman–Crippen LogP) is -0.920. The Kier molecular flexibility index (Phi) is 3.73. The third-order valence-electron chi connectivity index (χ3n) is 2.88. The molecular formula is C11H14BNO5. The molecule has 1 aliphatic rings. The molecule has 0 radical (unpaired) electrons. The average Bonchev–Trinajstić information content (AvgIpc) is 2.86. The van der Waals surface area contributed by atoms with Crippen LogP contribution in [-0.4, -0.2) is 40.9 Å².